The van der Waals surface area contributed by atoms with Crippen molar-refractivity contribution in [1.82, 2.24) is 14.5 Å². The summed E-state index contributed by atoms with van der Waals surface area (Å²) >= 11 is 5.67. The van der Waals surface area contributed by atoms with Crippen molar-refractivity contribution in [2.24, 2.45) is 10.9 Å². The van der Waals surface area contributed by atoms with Crippen molar-refractivity contribution < 1.29 is 9.53 Å². The van der Waals surface area contributed by atoms with Crippen LogP contribution in [0.5, 0.6) is 0 Å². The fraction of sp³-hybridized carbons (Fsp3) is 0.333. The van der Waals surface area contributed by atoms with Gasteiger partial charge < -0.3 is 9.30 Å². The van der Waals surface area contributed by atoms with Crippen molar-refractivity contribution in [3.63, 3.8) is 0 Å². The van der Waals surface area contributed by atoms with E-state index in [4.69, 9.17) is 16.3 Å². The zero-order chi connectivity index (χ0) is 15.4. The summed E-state index contributed by atoms with van der Waals surface area (Å²) in [6, 6.07) is 5.57. The molecular formula is C15H15ClN4O2. The minimum Gasteiger partial charge on any atom is -0.381 e. The van der Waals surface area contributed by atoms with Gasteiger partial charge in [-0.25, -0.2) is 9.97 Å². The average molecular weight is 319 g/mol. The highest BCUT2D eigenvalue weighted by Gasteiger charge is 2.16. The summed E-state index contributed by atoms with van der Waals surface area (Å²) in [7, 11) is 0. The quantitative estimate of drug-likeness (QED) is 0.864. The molecule has 1 atom stereocenters. The van der Waals surface area contributed by atoms with E-state index in [0.29, 0.717) is 11.4 Å². The third-order valence-electron chi connectivity index (χ3n) is 3.45. The molecule has 1 unspecified atom stereocenters. The normalized spacial score (nSPS) is 18.6. The molecule has 3 rings (SSSR count). The van der Waals surface area contributed by atoms with Crippen LogP contribution in [0.4, 0.5) is 0 Å². The molecule has 2 aromatic rings. The number of nitrogens with zero attached hydrogens (tertiary/aromatic N) is 4. The van der Waals surface area contributed by atoms with Crippen molar-refractivity contribution in [3.05, 3.63) is 53.1 Å². The fourth-order valence-electron chi connectivity index (χ4n) is 2.31. The fourth-order valence-corrected chi connectivity index (χ4v) is 2.41. The average Bonchev–Trinajstić information content (AvgIpc) is 3.03. The molecule has 0 spiro atoms. The van der Waals surface area contributed by atoms with Crippen LogP contribution in [0.25, 0.3) is 0 Å². The molecule has 0 aromatic carbocycles. The van der Waals surface area contributed by atoms with Gasteiger partial charge in [0, 0.05) is 25.3 Å². The summed E-state index contributed by atoms with van der Waals surface area (Å²) in [6.45, 7) is 2.32. The molecule has 1 aliphatic rings. The Morgan fingerprint density at radius 3 is 3.05 bits per heavy atom. The molecule has 0 bridgehead atoms. The predicted molar refractivity (Wildman–Crippen MR) is 80.3 cm³/mol. The van der Waals surface area contributed by atoms with E-state index in [0.717, 1.165) is 26.2 Å². The van der Waals surface area contributed by atoms with Crippen LogP contribution in [0.15, 0.2) is 41.8 Å². The van der Waals surface area contributed by atoms with E-state index in [2.05, 4.69) is 15.0 Å². The maximum absolute atomic E-state index is 12.2. The number of aromatic nitrogens is 3. The molecule has 7 heteroatoms. The Bertz CT molecular complexity index is 721. The molecule has 0 saturated carbocycles. The zero-order valence-corrected chi connectivity index (χ0v) is 12.6. The summed E-state index contributed by atoms with van der Waals surface area (Å²) in [4.78, 5) is 24.1. The molecule has 0 radical (unpaired) electrons. The van der Waals surface area contributed by atoms with E-state index < -0.39 is 5.91 Å². The van der Waals surface area contributed by atoms with Gasteiger partial charge in [-0.1, -0.05) is 17.7 Å². The van der Waals surface area contributed by atoms with Crippen LogP contribution in [-0.4, -0.2) is 33.7 Å². The summed E-state index contributed by atoms with van der Waals surface area (Å²) in [5.41, 5.74) is 0.764. The van der Waals surface area contributed by atoms with E-state index >= 15 is 0 Å². The Morgan fingerprint density at radius 2 is 2.32 bits per heavy atom. The number of carbonyl (C=O) groups excluding carboxylic acids is 1. The van der Waals surface area contributed by atoms with E-state index in [1.807, 2.05) is 22.9 Å². The minimum atomic E-state index is -0.438. The molecule has 1 fully saturated rings. The van der Waals surface area contributed by atoms with E-state index in [9.17, 15) is 4.79 Å². The van der Waals surface area contributed by atoms with Crippen molar-refractivity contribution >= 4 is 17.5 Å². The molecule has 0 aliphatic carbocycles. The molecule has 0 N–H and O–H groups in total. The second-order valence-corrected chi connectivity index (χ2v) is 5.47. The van der Waals surface area contributed by atoms with Crippen LogP contribution in [0, 0.1) is 5.92 Å². The first-order chi connectivity index (χ1) is 10.7. The summed E-state index contributed by atoms with van der Waals surface area (Å²) in [5, 5.41) is 0.243. The summed E-state index contributed by atoms with van der Waals surface area (Å²) < 4.78 is 7.35. The van der Waals surface area contributed by atoms with Crippen LogP contribution < -0.4 is 5.49 Å². The van der Waals surface area contributed by atoms with Gasteiger partial charge in [-0.15, -0.1) is 0 Å². The smallest absolute Gasteiger partial charge is 0.299 e. The van der Waals surface area contributed by atoms with Crippen LogP contribution in [-0.2, 0) is 11.3 Å². The van der Waals surface area contributed by atoms with Crippen LogP contribution in [0.2, 0.25) is 5.15 Å². The molecule has 6 nitrogen and oxygen atoms in total. The lowest BCUT2D eigenvalue weighted by atomic mass is 10.1. The van der Waals surface area contributed by atoms with Crippen molar-refractivity contribution in [1.29, 1.82) is 0 Å². The Kier molecular flexibility index (Phi) is 4.60. The molecule has 1 amide bonds. The maximum atomic E-state index is 12.2. The Hall–Kier alpha value is -2.05. The Labute approximate surface area is 132 Å². The lowest BCUT2D eigenvalue weighted by molar-refractivity contribution is 0.0991. The molecular weight excluding hydrogens is 304 g/mol. The molecule has 1 saturated heterocycles. The standard InChI is InChI=1S/C15H15ClN4O2/c16-13-8-17-12(7-18-13)15(21)19-14-3-1-2-5-20(14)9-11-4-6-22-10-11/h1-3,5,7-8,11H,4,6,9-10H2. The highest BCUT2D eigenvalue weighted by atomic mass is 35.5. The lowest BCUT2D eigenvalue weighted by Gasteiger charge is -2.11. The first kappa shape index (κ1) is 14.9. The minimum absolute atomic E-state index is 0.170. The van der Waals surface area contributed by atoms with Gasteiger partial charge in [0.05, 0.1) is 19.0 Å². The molecule has 2 aromatic heterocycles. The largest absolute Gasteiger partial charge is 0.381 e. The van der Waals surface area contributed by atoms with E-state index in [-0.39, 0.29) is 10.8 Å². The SMILES string of the molecule is O=C(N=c1ccccn1CC1CCOC1)c1cnc(Cl)cn1. The number of carbonyl (C=O) groups is 1. The first-order valence-corrected chi connectivity index (χ1v) is 7.40. The second-order valence-electron chi connectivity index (χ2n) is 5.08. The lowest BCUT2D eigenvalue weighted by Crippen LogP contribution is -2.25. The van der Waals surface area contributed by atoms with Gasteiger partial charge in [-0.3, -0.25) is 4.79 Å². The number of pyridine rings is 1. The molecule has 22 heavy (non-hydrogen) atoms. The zero-order valence-electron chi connectivity index (χ0n) is 11.9. The third-order valence-corrected chi connectivity index (χ3v) is 3.65. The molecule has 114 valence electrons. The topological polar surface area (TPSA) is 69.4 Å². The number of halogens is 1. The predicted octanol–water partition coefficient (Wildman–Crippen LogP) is 1.71. The maximum Gasteiger partial charge on any atom is 0.299 e. The highest BCUT2D eigenvalue weighted by Crippen LogP contribution is 2.13. The third kappa shape index (κ3) is 3.58. The van der Waals surface area contributed by atoms with Crippen molar-refractivity contribution in [2.45, 2.75) is 13.0 Å². The van der Waals surface area contributed by atoms with Gasteiger partial charge in [0.1, 0.15) is 16.3 Å². The van der Waals surface area contributed by atoms with Crippen molar-refractivity contribution in [3.8, 4) is 0 Å². The van der Waals surface area contributed by atoms with Crippen LogP contribution >= 0.6 is 11.6 Å². The van der Waals surface area contributed by atoms with Gasteiger partial charge >= 0.3 is 0 Å². The Balaban J connectivity index is 1.86. The van der Waals surface area contributed by atoms with Gasteiger partial charge in [0.25, 0.3) is 5.91 Å². The number of hydrogen-bond donors (Lipinski definition) is 0. The summed E-state index contributed by atoms with van der Waals surface area (Å²) in [6.07, 6.45) is 5.60. The van der Waals surface area contributed by atoms with Gasteiger partial charge in [-0.2, -0.15) is 4.99 Å². The number of rotatable bonds is 3. The Morgan fingerprint density at radius 1 is 1.41 bits per heavy atom. The van der Waals surface area contributed by atoms with E-state index in [1.165, 1.54) is 12.4 Å². The monoisotopic (exact) mass is 318 g/mol. The number of amides is 1. The highest BCUT2D eigenvalue weighted by molar-refractivity contribution is 6.29. The van der Waals surface area contributed by atoms with Gasteiger partial charge in [-0.05, 0) is 18.6 Å². The second kappa shape index (κ2) is 6.81. The molecule has 1 aliphatic heterocycles. The molecule has 3 heterocycles. The van der Waals surface area contributed by atoms with E-state index in [1.54, 1.807) is 6.07 Å². The first-order valence-electron chi connectivity index (χ1n) is 7.02. The van der Waals surface area contributed by atoms with Gasteiger partial charge in [0.15, 0.2) is 0 Å². The number of hydrogen-bond acceptors (Lipinski definition) is 4. The van der Waals surface area contributed by atoms with Gasteiger partial charge in [0.2, 0.25) is 0 Å². The van der Waals surface area contributed by atoms with Crippen LogP contribution in [0.3, 0.4) is 0 Å². The van der Waals surface area contributed by atoms with Crippen LogP contribution in [0.1, 0.15) is 16.9 Å². The van der Waals surface area contributed by atoms with Crippen molar-refractivity contribution in [2.75, 3.05) is 13.2 Å². The number of ether oxygens (including phenoxy) is 1. The summed E-state index contributed by atoms with van der Waals surface area (Å²) in [5.74, 6) is 0.0126.